The topological polar surface area (TPSA) is 29.3 Å². The number of nitrogens with zero attached hydrogens (tertiary/aromatic N) is 1. The van der Waals surface area contributed by atoms with Gasteiger partial charge < -0.3 is 5.73 Å². The molecule has 1 fully saturated rings. The molecule has 2 N–H and O–H groups in total. The molecule has 1 rings (SSSR count). The maximum absolute atomic E-state index is 6.16. The molecule has 2 nitrogen and oxygen atoms in total. The smallest absolute Gasteiger partial charge is 0.0332 e. The van der Waals surface area contributed by atoms with Gasteiger partial charge in [0.05, 0.1) is 0 Å². The van der Waals surface area contributed by atoms with E-state index in [9.17, 15) is 0 Å². The van der Waals surface area contributed by atoms with E-state index in [0.717, 1.165) is 12.5 Å². The van der Waals surface area contributed by atoms with E-state index >= 15 is 0 Å². The Hall–Kier alpha value is -0.0800. The monoisotopic (exact) mass is 240 g/mol. The Morgan fingerprint density at radius 2 is 1.94 bits per heavy atom. The van der Waals surface area contributed by atoms with E-state index < -0.39 is 0 Å². The molecule has 0 aromatic rings. The van der Waals surface area contributed by atoms with E-state index in [-0.39, 0.29) is 5.54 Å². The SMILES string of the molecule is CCCCC(CC)(CN)N1CC(C)CCC1C. The summed E-state index contributed by atoms with van der Waals surface area (Å²) in [5.41, 5.74) is 6.42. The summed E-state index contributed by atoms with van der Waals surface area (Å²) in [7, 11) is 0. The number of rotatable bonds is 6. The van der Waals surface area contributed by atoms with Gasteiger partial charge in [-0.2, -0.15) is 0 Å². The average Bonchev–Trinajstić information content (AvgIpc) is 2.35. The number of hydrogen-bond acceptors (Lipinski definition) is 2. The quantitative estimate of drug-likeness (QED) is 0.771. The summed E-state index contributed by atoms with van der Waals surface area (Å²) in [5.74, 6) is 0.838. The summed E-state index contributed by atoms with van der Waals surface area (Å²) >= 11 is 0. The second kappa shape index (κ2) is 6.75. The van der Waals surface area contributed by atoms with E-state index in [4.69, 9.17) is 5.73 Å². The van der Waals surface area contributed by atoms with Crippen LogP contribution in [0.1, 0.15) is 66.2 Å². The number of hydrogen-bond donors (Lipinski definition) is 1. The van der Waals surface area contributed by atoms with Gasteiger partial charge >= 0.3 is 0 Å². The molecule has 1 heterocycles. The molecule has 1 aliphatic heterocycles. The molecule has 0 aromatic heterocycles. The van der Waals surface area contributed by atoms with Crippen LogP contribution in [0, 0.1) is 5.92 Å². The largest absolute Gasteiger partial charge is 0.329 e. The molecule has 0 aromatic carbocycles. The van der Waals surface area contributed by atoms with E-state index in [1.807, 2.05) is 0 Å². The second-order valence-corrected chi connectivity index (χ2v) is 6.07. The van der Waals surface area contributed by atoms with Crippen LogP contribution in [0.3, 0.4) is 0 Å². The molecular formula is C15H32N2. The van der Waals surface area contributed by atoms with Crippen molar-refractivity contribution >= 4 is 0 Å². The molecule has 0 spiro atoms. The third kappa shape index (κ3) is 3.45. The van der Waals surface area contributed by atoms with Crippen LogP contribution >= 0.6 is 0 Å². The Morgan fingerprint density at radius 3 is 2.47 bits per heavy atom. The first-order valence-corrected chi connectivity index (χ1v) is 7.56. The normalized spacial score (nSPS) is 30.2. The van der Waals surface area contributed by atoms with Crippen LogP contribution in [-0.2, 0) is 0 Å². The summed E-state index contributed by atoms with van der Waals surface area (Å²) in [6.07, 6.45) is 7.78. The molecule has 3 atom stereocenters. The van der Waals surface area contributed by atoms with Gasteiger partial charge in [-0.3, -0.25) is 4.90 Å². The highest BCUT2D eigenvalue weighted by Gasteiger charge is 2.38. The minimum Gasteiger partial charge on any atom is -0.329 e. The first kappa shape index (κ1) is 15.0. The highest BCUT2D eigenvalue weighted by molar-refractivity contribution is 4.95. The maximum Gasteiger partial charge on any atom is 0.0332 e. The van der Waals surface area contributed by atoms with Gasteiger partial charge in [0, 0.05) is 24.7 Å². The molecule has 2 heteroatoms. The molecule has 0 saturated carbocycles. The fourth-order valence-corrected chi connectivity index (χ4v) is 3.34. The fourth-order valence-electron chi connectivity index (χ4n) is 3.34. The molecule has 0 radical (unpaired) electrons. The molecule has 102 valence electrons. The lowest BCUT2D eigenvalue weighted by Crippen LogP contribution is -2.59. The van der Waals surface area contributed by atoms with Gasteiger partial charge in [0.25, 0.3) is 0 Å². The van der Waals surface area contributed by atoms with Crippen LogP contribution in [0.25, 0.3) is 0 Å². The predicted molar refractivity (Wildman–Crippen MR) is 76.2 cm³/mol. The first-order valence-electron chi connectivity index (χ1n) is 7.56. The summed E-state index contributed by atoms with van der Waals surface area (Å²) in [4.78, 5) is 2.73. The van der Waals surface area contributed by atoms with E-state index in [1.165, 1.54) is 45.1 Å². The van der Waals surface area contributed by atoms with Crippen molar-refractivity contribution in [3.05, 3.63) is 0 Å². The summed E-state index contributed by atoms with van der Waals surface area (Å²) in [6.45, 7) is 11.4. The van der Waals surface area contributed by atoms with Crippen molar-refractivity contribution in [2.45, 2.75) is 77.8 Å². The average molecular weight is 240 g/mol. The van der Waals surface area contributed by atoms with Crippen molar-refractivity contribution in [1.82, 2.24) is 4.90 Å². The van der Waals surface area contributed by atoms with Crippen LogP contribution in [0.2, 0.25) is 0 Å². The van der Waals surface area contributed by atoms with Gasteiger partial charge in [-0.25, -0.2) is 0 Å². The van der Waals surface area contributed by atoms with Crippen LogP contribution in [0.5, 0.6) is 0 Å². The molecule has 0 amide bonds. The van der Waals surface area contributed by atoms with Crippen molar-refractivity contribution in [1.29, 1.82) is 0 Å². The fraction of sp³-hybridized carbons (Fsp3) is 1.00. The second-order valence-electron chi connectivity index (χ2n) is 6.07. The molecule has 17 heavy (non-hydrogen) atoms. The summed E-state index contributed by atoms with van der Waals surface area (Å²) in [5, 5.41) is 0. The van der Waals surface area contributed by atoms with Crippen molar-refractivity contribution < 1.29 is 0 Å². The molecular weight excluding hydrogens is 208 g/mol. The van der Waals surface area contributed by atoms with Gasteiger partial charge in [0.1, 0.15) is 0 Å². The minimum absolute atomic E-state index is 0.268. The number of piperidine rings is 1. The Labute approximate surface area is 108 Å². The molecule has 1 aliphatic rings. The van der Waals surface area contributed by atoms with Gasteiger partial charge in [-0.15, -0.1) is 0 Å². The number of nitrogens with two attached hydrogens (primary N) is 1. The van der Waals surface area contributed by atoms with Gasteiger partial charge in [-0.1, -0.05) is 33.6 Å². The molecule has 3 unspecified atom stereocenters. The van der Waals surface area contributed by atoms with E-state index in [2.05, 4.69) is 32.6 Å². The number of likely N-dealkylation sites (tertiary alicyclic amines) is 1. The maximum atomic E-state index is 6.16. The van der Waals surface area contributed by atoms with Crippen molar-refractivity contribution in [2.24, 2.45) is 11.7 Å². The Morgan fingerprint density at radius 1 is 1.24 bits per heavy atom. The van der Waals surface area contributed by atoms with E-state index in [0.29, 0.717) is 6.04 Å². The third-order valence-corrected chi connectivity index (χ3v) is 4.76. The van der Waals surface area contributed by atoms with Crippen molar-refractivity contribution in [2.75, 3.05) is 13.1 Å². The number of unbranched alkanes of at least 4 members (excludes halogenated alkanes) is 1. The lowest BCUT2D eigenvalue weighted by atomic mass is 9.82. The lowest BCUT2D eigenvalue weighted by Gasteiger charge is -2.50. The Kier molecular flexibility index (Phi) is 5.94. The standard InChI is InChI=1S/C15H32N2/c1-5-7-10-15(6-2,12-16)17-11-13(3)8-9-14(17)4/h13-14H,5-12,16H2,1-4H3. The van der Waals surface area contributed by atoms with E-state index in [1.54, 1.807) is 0 Å². The predicted octanol–water partition coefficient (Wildman–Crippen LogP) is 3.40. The zero-order valence-corrected chi connectivity index (χ0v) is 12.3. The molecule has 0 bridgehead atoms. The van der Waals surface area contributed by atoms with Gasteiger partial charge in [0.15, 0.2) is 0 Å². The summed E-state index contributed by atoms with van der Waals surface area (Å²) < 4.78 is 0. The Balaban J connectivity index is 2.79. The first-order chi connectivity index (χ1) is 8.09. The highest BCUT2D eigenvalue weighted by Crippen LogP contribution is 2.33. The minimum atomic E-state index is 0.268. The highest BCUT2D eigenvalue weighted by atomic mass is 15.2. The molecule has 0 aliphatic carbocycles. The lowest BCUT2D eigenvalue weighted by molar-refractivity contribution is 0.000772. The van der Waals surface area contributed by atoms with Crippen molar-refractivity contribution in [3.8, 4) is 0 Å². The third-order valence-electron chi connectivity index (χ3n) is 4.76. The van der Waals surface area contributed by atoms with Crippen LogP contribution < -0.4 is 5.73 Å². The van der Waals surface area contributed by atoms with Crippen LogP contribution in [-0.4, -0.2) is 29.6 Å². The Bertz CT molecular complexity index is 211. The molecule has 1 saturated heterocycles. The van der Waals surface area contributed by atoms with Crippen LogP contribution in [0.15, 0.2) is 0 Å². The van der Waals surface area contributed by atoms with Gasteiger partial charge in [0.2, 0.25) is 0 Å². The zero-order chi connectivity index (χ0) is 12.9. The van der Waals surface area contributed by atoms with Crippen molar-refractivity contribution in [3.63, 3.8) is 0 Å². The summed E-state index contributed by atoms with van der Waals surface area (Å²) in [6, 6.07) is 0.714. The van der Waals surface area contributed by atoms with Crippen LogP contribution in [0.4, 0.5) is 0 Å². The zero-order valence-electron chi connectivity index (χ0n) is 12.3. The van der Waals surface area contributed by atoms with Gasteiger partial charge in [-0.05, 0) is 38.5 Å².